The van der Waals surface area contributed by atoms with Crippen molar-refractivity contribution in [3.05, 3.63) is 85.1 Å². The summed E-state index contributed by atoms with van der Waals surface area (Å²) < 4.78 is 23.1. The first-order valence-corrected chi connectivity index (χ1v) is 22.3. The largest absolute Gasteiger partial charge is 0.550 e. The van der Waals surface area contributed by atoms with Crippen LogP contribution in [0.4, 0.5) is 0 Å². The second-order valence-electron chi connectivity index (χ2n) is 17.5. The Balaban J connectivity index is 1.86. The number of carbonyl (C=O) groups excluding carboxylic acids is 2. The smallest absolute Gasteiger partial charge is 0.308 e. The minimum absolute atomic E-state index is 0.113. The molecule has 368 valence electrons. The molecule has 0 aromatic heterocycles. The van der Waals surface area contributed by atoms with Crippen LogP contribution in [-0.2, 0) is 28.5 Å². The molecule has 12 N–H and O–H groups in total. The Morgan fingerprint density at radius 2 is 1.25 bits per heavy atom. The Kier molecular flexibility index (Phi) is 23.6. The van der Waals surface area contributed by atoms with E-state index in [0.29, 0.717) is 0 Å². The lowest BCUT2D eigenvalue weighted by atomic mass is 9.82. The summed E-state index contributed by atoms with van der Waals surface area (Å²) in [5.41, 5.74) is 6.01. The summed E-state index contributed by atoms with van der Waals surface area (Å²) in [7, 11) is 0. The lowest BCUT2D eigenvalue weighted by Crippen LogP contribution is -2.62. The predicted octanol–water partition coefficient (Wildman–Crippen LogP) is -0.623. The Labute approximate surface area is 381 Å². The van der Waals surface area contributed by atoms with Crippen molar-refractivity contribution in [3.8, 4) is 0 Å². The van der Waals surface area contributed by atoms with Gasteiger partial charge in [0.1, 0.15) is 12.2 Å². The van der Waals surface area contributed by atoms with Crippen LogP contribution in [0.15, 0.2) is 85.1 Å². The summed E-state index contributed by atoms with van der Waals surface area (Å²) in [5, 5.41) is 120. The number of nitrogens with two attached hydrogens (primary N) is 1. The van der Waals surface area contributed by atoms with E-state index >= 15 is 0 Å². The minimum atomic E-state index is -2.35. The number of aliphatic hydroxyl groups excluding tert-OH is 9. The van der Waals surface area contributed by atoms with Crippen molar-refractivity contribution in [1.82, 2.24) is 0 Å². The van der Waals surface area contributed by atoms with Gasteiger partial charge in [0.15, 0.2) is 12.1 Å². The van der Waals surface area contributed by atoms with Crippen LogP contribution >= 0.6 is 0 Å². The summed E-state index contributed by atoms with van der Waals surface area (Å²) in [5.74, 6) is -7.22. The third-order valence-electron chi connectivity index (χ3n) is 12.0. The molecule has 2 fully saturated rings. The third-order valence-corrected chi connectivity index (χ3v) is 12.0. The lowest BCUT2D eigenvalue weighted by molar-refractivity contribution is -0.344. The molecule has 0 amide bonds. The molecule has 18 heteroatoms. The van der Waals surface area contributed by atoms with Crippen molar-refractivity contribution in [2.45, 2.75) is 177 Å². The molecule has 0 saturated carbocycles. The second-order valence-corrected chi connectivity index (χ2v) is 17.5. The van der Waals surface area contributed by atoms with Gasteiger partial charge in [-0.05, 0) is 33.1 Å². The summed E-state index contributed by atoms with van der Waals surface area (Å²) >= 11 is 0. The van der Waals surface area contributed by atoms with E-state index in [0.717, 1.165) is 0 Å². The predicted molar refractivity (Wildman–Crippen MR) is 234 cm³/mol. The number of hydrogen-bond acceptors (Lipinski definition) is 18. The molecule has 2 saturated heterocycles. The van der Waals surface area contributed by atoms with E-state index in [1.807, 2.05) is 13.0 Å². The maximum atomic E-state index is 12.6. The van der Waals surface area contributed by atoms with Gasteiger partial charge in [-0.2, -0.15) is 0 Å². The van der Waals surface area contributed by atoms with Gasteiger partial charge >= 0.3 is 5.97 Å². The fourth-order valence-corrected chi connectivity index (χ4v) is 7.95. The number of carboxylic acid groups (broad SMARTS) is 1. The van der Waals surface area contributed by atoms with Gasteiger partial charge in [-0.3, -0.25) is 4.79 Å². The van der Waals surface area contributed by atoms with Crippen molar-refractivity contribution in [3.63, 3.8) is 0 Å². The Morgan fingerprint density at radius 3 is 1.83 bits per heavy atom. The highest BCUT2D eigenvalue weighted by atomic mass is 16.7. The molecular formula is C47H72NO17-. The quantitative estimate of drug-likeness (QED) is 0.157. The molecule has 0 aromatic rings. The molecule has 3 heterocycles. The van der Waals surface area contributed by atoms with Gasteiger partial charge in [-0.25, -0.2) is 0 Å². The minimum Gasteiger partial charge on any atom is -0.550 e. The van der Waals surface area contributed by atoms with Crippen molar-refractivity contribution in [2.75, 3.05) is 0 Å². The number of esters is 1. The van der Waals surface area contributed by atoms with Gasteiger partial charge < -0.3 is 85.6 Å². The van der Waals surface area contributed by atoms with Gasteiger partial charge in [0, 0.05) is 43.5 Å². The van der Waals surface area contributed by atoms with Crippen molar-refractivity contribution in [1.29, 1.82) is 0 Å². The van der Waals surface area contributed by atoms with Gasteiger partial charge in [0.2, 0.25) is 0 Å². The van der Waals surface area contributed by atoms with Crippen LogP contribution in [0, 0.1) is 17.8 Å². The Hall–Kier alpha value is -3.44. The first-order chi connectivity index (χ1) is 30.6. The molecule has 0 aliphatic carbocycles. The van der Waals surface area contributed by atoms with E-state index in [9.17, 15) is 65.8 Å². The second kappa shape index (κ2) is 27.4. The van der Waals surface area contributed by atoms with E-state index in [1.54, 1.807) is 86.8 Å². The van der Waals surface area contributed by atoms with Crippen LogP contribution in [0.1, 0.15) is 79.1 Å². The number of aliphatic carboxylic acids is 1. The zero-order valence-corrected chi connectivity index (χ0v) is 37.5. The molecule has 65 heavy (non-hydrogen) atoms. The van der Waals surface area contributed by atoms with Crippen LogP contribution in [0.5, 0.6) is 0 Å². The fraction of sp³-hybridized carbons (Fsp3) is 0.660. The molecule has 19 atom stereocenters. The van der Waals surface area contributed by atoms with Crippen LogP contribution in [0.3, 0.4) is 0 Å². The maximum Gasteiger partial charge on any atom is 0.308 e. The molecule has 0 radical (unpaired) electrons. The molecule has 1 unspecified atom stereocenters. The summed E-state index contributed by atoms with van der Waals surface area (Å²) in [6.07, 6.45) is 2.97. The summed E-state index contributed by atoms with van der Waals surface area (Å²) in [4.78, 5) is 25.0. The number of aliphatic hydroxyl groups is 10. The van der Waals surface area contributed by atoms with Gasteiger partial charge in [0.05, 0.1) is 85.5 Å². The highest BCUT2D eigenvalue weighted by molar-refractivity contribution is 5.70. The number of fused-ring (bicyclic) bond motifs is 2. The van der Waals surface area contributed by atoms with Crippen molar-refractivity contribution < 1.29 is 84.7 Å². The van der Waals surface area contributed by atoms with E-state index in [-0.39, 0.29) is 31.6 Å². The first kappa shape index (κ1) is 55.9. The zero-order valence-electron chi connectivity index (χ0n) is 37.5. The SMILES string of the molecule is C[C@@H]1[C@H](O)[C@@H](C)/C=C/C=C/C=C/C=C/C=C/C=C/C=C/[C@H](O[C@@H]2O[C@H](C)[C@@H](O)[C@H](N)[C@@H]2O)C[C@@H]2OC(O)(C[C@@H](O)C[C@@H](O)[C@H](O)CC[C@@H](O)C[C@@H](O)CC(=O)O[C@H]1C)C[C@H](O)[C@H]2C(=O)[O-]. The van der Waals surface area contributed by atoms with Crippen LogP contribution in [0.2, 0.25) is 0 Å². The molecule has 0 spiro atoms. The third kappa shape index (κ3) is 18.6. The summed E-state index contributed by atoms with van der Waals surface area (Å²) in [6, 6.07) is -1.16. The first-order valence-electron chi connectivity index (χ1n) is 22.3. The molecule has 3 aliphatic heterocycles. The normalized spacial score (nSPS) is 45.5. The fourth-order valence-electron chi connectivity index (χ4n) is 7.95. The highest BCUT2D eigenvalue weighted by Crippen LogP contribution is 2.38. The van der Waals surface area contributed by atoms with E-state index in [1.165, 1.54) is 13.0 Å². The van der Waals surface area contributed by atoms with Crippen LogP contribution < -0.4 is 10.8 Å². The highest BCUT2D eigenvalue weighted by Gasteiger charge is 2.49. The monoisotopic (exact) mass is 922 g/mol. The van der Waals surface area contributed by atoms with Gasteiger partial charge in [-0.1, -0.05) is 98.9 Å². The topological polar surface area (TPSA) is 322 Å². The number of allylic oxidation sites excluding steroid dienone is 12. The Bertz CT molecular complexity index is 1670. The average Bonchev–Trinajstić information content (AvgIpc) is 3.21. The number of cyclic esters (lactones) is 1. The zero-order chi connectivity index (χ0) is 48.4. The average molecular weight is 923 g/mol. The van der Waals surface area contributed by atoms with Crippen LogP contribution in [-0.4, -0.2) is 160 Å². The Morgan fingerprint density at radius 1 is 0.677 bits per heavy atom. The summed E-state index contributed by atoms with van der Waals surface area (Å²) in [6.45, 7) is 6.73. The van der Waals surface area contributed by atoms with Gasteiger partial charge in [0.25, 0.3) is 0 Å². The molecule has 2 bridgehead atoms. The van der Waals surface area contributed by atoms with E-state index in [4.69, 9.17) is 24.7 Å². The number of hydrogen-bond donors (Lipinski definition) is 11. The molecule has 18 nitrogen and oxygen atoms in total. The van der Waals surface area contributed by atoms with E-state index < -0.39 is 147 Å². The maximum absolute atomic E-state index is 12.6. The van der Waals surface area contributed by atoms with Crippen molar-refractivity contribution in [2.24, 2.45) is 23.5 Å². The number of rotatable bonds is 3. The molecule has 3 aliphatic rings. The molecule has 0 aromatic carbocycles. The van der Waals surface area contributed by atoms with Crippen molar-refractivity contribution >= 4 is 11.9 Å². The number of carbonyl (C=O) groups is 2. The molecule has 3 rings (SSSR count). The molecular weight excluding hydrogens is 851 g/mol. The van der Waals surface area contributed by atoms with E-state index in [2.05, 4.69) is 0 Å². The number of carboxylic acids is 1. The standard InChI is InChI=1S/C47H73NO17/c1-27-17-15-13-11-9-7-5-6-8-10-12-14-16-18-34(64-46-44(58)41(48)43(57)30(4)63-46)24-38-40(45(59)60)37(54)26-47(61,65-38)25-33(51)22-36(53)35(52)20-19-31(49)21-32(50)23-39(55)62-29(3)28(2)42(27)56/h5-18,27-38,40-44,46,49-54,56-58,61H,19-26,48H2,1-4H3,(H,59,60)/p-1/b6-5+,9-7+,10-8+,13-11+,14-12+,17-15+,18-16+/t27-,28-,29-,30+,31+,32+,33-,34-,35+,36+,37-,38-,40+,41-,42+,43+,44-,46-,47?/m0/s1. The number of ether oxygens (including phenoxy) is 4. The lowest BCUT2D eigenvalue weighted by Gasteiger charge is -2.46. The van der Waals surface area contributed by atoms with Gasteiger partial charge in [-0.15, -0.1) is 0 Å². The van der Waals surface area contributed by atoms with Crippen LogP contribution in [0.25, 0.3) is 0 Å².